The predicted octanol–water partition coefficient (Wildman–Crippen LogP) is 2.07. The van der Waals surface area contributed by atoms with Gasteiger partial charge >= 0.3 is 0 Å². The molecule has 0 radical (unpaired) electrons. The van der Waals surface area contributed by atoms with Crippen molar-refractivity contribution in [3.63, 3.8) is 0 Å². The van der Waals surface area contributed by atoms with Gasteiger partial charge in [0.25, 0.3) is 5.91 Å². The average Bonchev–Trinajstić information content (AvgIpc) is 2.39. The summed E-state index contributed by atoms with van der Waals surface area (Å²) in [6, 6.07) is 6.41. The van der Waals surface area contributed by atoms with Crippen LogP contribution in [0.2, 0.25) is 0 Å². The molecule has 0 fully saturated rings. The molecule has 0 saturated heterocycles. The van der Waals surface area contributed by atoms with Gasteiger partial charge in [0.05, 0.1) is 0 Å². The lowest BCUT2D eigenvalue weighted by Gasteiger charge is -2.09. The number of carbonyl (C=O) groups is 1. The van der Waals surface area contributed by atoms with Gasteiger partial charge in [0.2, 0.25) is 0 Å². The molecule has 0 atom stereocenters. The van der Waals surface area contributed by atoms with E-state index in [4.69, 9.17) is 0 Å². The first-order valence-electron chi connectivity index (χ1n) is 5.74. The number of carbonyl (C=O) groups excluding carboxylic acids is 1. The van der Waals surface area contributed by atoms with Crippen molar-refractivity contribution in [2.24, 2.45) is 0 Å². The van der Waals surface area contributed by atoms with E-state index in [0.29, 0.717) is 5.56 Å². The Labute approximate surface area is 114 Å². The smallest absolute Gasteiger partial charge is 0.255 e. The standard InChI is InChI=1S/C14H13NO5/c1-7-4-8(5-12(18)13(7)19)14(20)15-9-2-3-10(16)11(17)6-9/h2-6,16-19H,1H3,(H,15,20). The van der Waals surface area contributed by atoms with Crippen molar-refractivity contribution in [1.29, 1.82) is 0 Å². The molecule has 2 rings (SSSR count). The second-order valence-electron chi connectivity index (χ2n) is 4.32. The number of aromatic hydroxyl groups is 4. The number of aryl methyl sites for hydroxylation is 1. The van der Waals surface area contributed by atoms with Crippen LogP contribution in [0.3, 0.4) is 0 Å². The summed E-state index contributed by atoms with van der Waals surface area (Å²) in [7, 11) is 0. The summed E-state index contributed by atoms with van der Waals surface area (Å²) in [5, 5.41) is 39.9. The molecule has 104 valence electrons. The van der Waals surface area contributed by atoms with E-state index in [1.165, 1.54) is 24.3 Å². The van der Waals surface area contributed by atoms with Gasteiger partial charge in [-0.15, -0.1) is 0 Å². The fraction of sp³-hybridized carbons (Fsp3) is 0.0714. The van der Waals surface area contributed by atoms with E-state index in [2.05, 4.69) is 5.32 Å². The Morgan fingerprint density at radius 2 is 1.65 bits per heavy atom. The number of amides is 1. The highest BCUT2D eigenvalue weighted by Crippen LogP contribution is 2.31. The van der Waals surface area contributed by atoms with Crippen LogP contribution in [-0.4, -0.2) is 26.3 Å². The van der Waals surface area contributed by atoms with Crippen molar-refractivity contribution in [1.82, 2.24) is 0 Å². The fourth-order valence-electron chi connectivity index (χ4n) is 1.70. The molecule has 0 aromatic heterocycles. The van der Waals surface area contributed by atoms with Crippen molar-refractivity contribution < 1.29 is 25.2 Å². The second-order valence-corrected chi connectivity index (χ2v) is 4.32. The molecule has 0 bridgehead atoms. The summed E-state index contributed by atoms with van der Waals surface area (Å²) >= 11 is 0. The largest absolute Gasteiger partial charge is 0.504 e. The maximum atomic E-state index is 12.0. The zero-order chi connectivity index (χ0) is 14.9. The Morgan fingerprint density at radius 1 is 0.950 bits per heavy atom. The van der Waals surface area contributed by atoms with Crippen LogP contribution in [-0.2, 0) is 0 Å². The fourth-order valence-corrected chi connectivity index (χ4v) is 1.70. The molecule has 1 amide bonds. The topological polar surface area (TPSA) is 110 Å². The lowest BCUT2D eigenvalue weighted by atomic mass is 10.1. The normalized spacial score (nSPS) is 10.2. The van der Waals surface area contributed by atoms with Crippen LogP contribution < -0.4 is 5.32 Å². The molecule has 2 aromatic rings. The number of benzene rings is 2. The van der Waals surface area contributed by atoms with E-state index in [1.54, 1.807) is 6.92 Å². The number of rotatable bonds is 2. The highest BCUT2D eigenvalue weighted by Gasteiger charge is 2.12. The first-order chi connectivity index (χ1) is 9.38. The quantitative estimate of drug-likeness (QED) is 0.425. The van der Waals surface area contributed by atoms with Crippen molar-refractivity contribution in [3.05, 3.63) is 41.5 Å². The summed E-state index contributed by atoms with van der Waals surface area (Å²) in [4.78, 5) is 12.0. The summed E-state index contributed by atoms with van der Waals surface area (Å²) in [6.07, 6.45) is 0. The van der Waals surface area contributed by atoms with Gasteiger partial charge in [-0.25, -0.2) is 0 Å². The average molecular weight is 275 g/mol. The van der Waals surface area contributed by atoms with E-state index < -0.39 is 5.91 Å². The van der Waals surface area contributed by atoms with E-state index in [-0.39, 0.29) is 34.2 Å². The minimum Gasteiger partial charge on any atom is -0.504 e. The van der Waals surface area contributed by atoms with Crippen LogP contribution >= 0.6 is 0 Å². The number of phenolic OH excluding ortho intramolecular Hbond substituents is 4. The van der Waals surface area contributed by atoms with Gasteiger partial charge in [-0.1, -0.05) is 0 Å². The van der Waals surface area contributed by atoms with Crippen molar-refractivity contribution in [3.8, 4) is 23.0 Å². The Bertz CT molecular complexity index is 658. The van der Waals surface area contributed by atoms with Gasteiger partial charge in [0, 0.05) is 17.3 Å². The summed E-state index contributed by atoms with van der Waals surface area (Å²) in [5.41, 5.74) is 0.810. The Morgan fingerprint density at radius 3 is 2.25 bits per heavy atom. The van der Waals surface area contributed by atoms with Crippen LogP contribution in [0.5, 0.6) is 23.0 Å². The third-order valence-corrected chi connectivity index (χ3v) is 2.78. The Balaban J connectivity index is 2.26. The molecule has 0 aliphatic rings. The molecule has 0 aliphatic heterocycles. The van der Waals surface area contributed by atoms with Crippen LogP contribution in [0.25, 0.3) is 0 Å². The molecule has 20 heavy (non-hydrogen) atoms. The Kier molecular flexibility index (Phi) is 3.39. The third-order valence-electron chi connectivity index (χ3n) is 2.78. The number of hydrogen-bond acceptors (Lipinski definition) is 5. The highest BCUT2D eigenvalue weighted by molar-refractivity contribution is 6.05. The van der Waals surface area contributed by atoms with E-state index in [9.17, 15) is 25.2 Å². The zero-order valence-electron chi connectivity index (χ0n) is 10.6. The molecular formula is C14H13NO5. The van der Waals surface area contributed by atoms with Gasteiger partial charge < -0.3 is 25.7 Å². The number of anilines is 1. The summed E-state index contributed by atoms with van der Waals surface area (Å²) in [5.74, 6) is -1.82. The number of hydrogen-bond donors (Lipinski definition) is 5. The highest BCUT2D eigenvalue weighted by atomic mass is 16.3. The zero-order valence-corrected chi connectivity index (χ0v) is 10.6. The van der Waals surface area contributed by atoms with Crippen LogP contribution in [0, 0.1) is 6.92 Å². The van der Waals surface area contributed by atoms with Crippen LogP contribution in [0.15, 0.2) is 30.3 Å². The molecule has 0 saturated carbocycles. The van der Waals surface area contributed by atoms with E-state index in [1.807, 2.05) is 0 Å². The van der Waals surface area contributed by atoms with Crippen molar-refractivity contribution in [2.45, 2.75) is 6.92 Å². The van der Waals surface area contributed by atoms with Gasteiger partial charge in [-0.3, -0.25) is 4.79 Å². The molecule has 0 spiro atoms. The summed E-state index contributed by atoms with van der Waals surface area (Å²) < 4.78 is 0. The molecule has 6 nitrogen and oxygen atoms in total. The first-order valence-corrected chi connectivity index (χ1v) is 5.74. The minimum absolute atomic E-state index is 0.158. The molecule has 5 N–H and O–H groups in total. The lowest BCUT2D eigenvalue weighted by molar-refractivity contribution is 0.102. The van der Waals surface area contributed by atoms with Crippen molar-refractivity contribution >= 4 is 11.6 Å². The van der Waals surface area contributed by atoms with Crippen molar-refractivity contribution in [2.75, 3.05) is 5.32 Å². The maximum absolute atomic E-state index is 12.0. The van der Waals surface area contributed by atoms with E-state index in [0.717, 1.165) is 6.07 Å². The number of phenols is 4. The van der Waals surface area contributed by atoms with Crippen LogP contribution in [0.1, 0.15) is 15.9 Å². The number of nitrogens with one attached hydrogen (secondary N) is 1. The first kappa shape index (κ1) is 13.5. The third kappa shape index (κ3) is 2.59. The minimum atomic E-state index is -0.520. The monoisotopic (exact) mass is 275 g/mol. The van der Waals surface area contributed by atoms with Gasteiger partial charge in [-0.05, 0) is 36.8 Å². The maximum Gasteiger partial charge on any atom is 0.255 e. The molecular weight excluding hydrogens is 262 g/mol. The van der Waals surface area contributed by atoms with Crippen LogP contribution in [0.4, 0.5) is 5.69 Å². The molecule has 6 heteroatoms. The SMILES string of the molecule is Cc1cc(C(=O)Nc2ccc(O)c(O)c2)cc(O)c1O. The van der Waals surface area contributed by atoms with E-state index >= 15 is 0 Å². The predicted molar refractivity (Wildman–Crippen MR) is 72.2 cm³/mol. The molecule has 0 heterocycles. The van der Waals surface area contributed by atoms with Gasteiger partial charge in [0.1, 0.15) is 0 Å². The lowest BCUT2D eigenvalue weighted by Crippen LogP contribution is -2.11. The Hall–Kier alpha value is -2.89. The second kappa shape index (κ2) is 5.00. The van der Waals surface area contributed by atoms with Gasteiger partial charge in [-0.2, -0.15) is 0 Å². The molecule has 0 aliphatic carbocycles. The van der Waals surface area contributed by atoms with Gasteiger partial charge in [0.15, 0.2) is 23.0 Å². The molecule has 2 aromatic carbocycles. The summed E-state index contributed by atoms with van der Waals surface area (Å²) in [6.45, 7) is 1.55. The molecule has 0 unspecified atom stereocenters.